The van der Waals surface area contributed by atoms with Crippen LogP contribution in [0.1, 0.15) is 12.5 Å². The van der Waals surface area contributed by atoms with Crippen LogP contribution in [0.5, 0.6) is 17.2 Å². The monoisotopic (exact) mass is 314 g/mol. The van der Waals surface area contributed by atoms with Gasteiger partial charge >= 0.3 is 0 Å². The SMILES string of the molecule is COc1ccc(OCC(=O)NN=C(C)c2ccc(O)cc2)cc1. The lowest BCUT2D eigenvalue weighted by Crippen LogP contribution is -2.25. The molecule has 2 N–H and O–H groups in total. The van der Waals surface area contributed by atoms with Gasteiger partial charge in [-0.15, -0.1) is 0 Å². The van der Waals surface area contributed by atoms with Gasteiger partial charge in [-0.25, -0.2) is 5.43 Å². The van der Waals surface area contributed by atoms with Gasteiger partial charge in [-0.3, -0.25) is 4.79 Å². The van der Waals surface area contributed by atoms with Crippen molar-refractivity contribution >= 4 is 11.6 Å². The highest BCUT2D eigenvalue weighted by molar-refractivity contribution is 5.99. The van der Waals surface area contributed by atoms with Crippen LogP contribution in [0, 0.1) is 0 Å². The number of amides is 1. The average Bonchev–Trinajstić information content (AvgIpc) is 2.59. The highest BCUT2D eigenvalue weighted by Gasteiger charge is 2.03. The molecular formula is C17H18N2O4. The number of methoxy groups -OCH3 is 1. The second kappa shape index (κ2) is 7.84. The number of hydrogen-bond acceptors (Lipinski definition) is 5. The summed E-state index contributed by atoms with van der Waals surface area (Å²) in [6, 6.07) is 13.5. The minimum Gasteiger partial charge on any atom is -0.508 e. The van der Waals surface area contributed by atoms with Gasteiger partial charge in [-0.1, -0.05) is 0 Å². The molecule has 2 aromatic rings. The Balaban J connectivity index is 1.84. The minimum absolute atomic E-state index is 0.140. The molecule has 2 rings (SSSR count). The summed E-state index contributed by atoms with van der Waals surface area (Å²) in [7, 11) is 1.58. The van der Waals surface area contributed by atoms with Crippen molar-refractivity contribution < 1.29 is 19.4 Å². The Kier molecular flexibility index (Phi) is 5.57. The molecule has 1 amide bonds. The largest absolute Gasteiger partial charge is 0.508 e. The first-order valence-corrected chi connectivity index (χ1v) is 6.98. The maximum absolute atomic E-state index is 11.7. The summed E-state index contributed by atoms with van der Waals surface area (Å²) in [5, 5.41) is 13.2. The molecule has 0 aliphatic carbocycles. The molecule has 0 atom stereocenters. The van der Waals surface area contributed by atoms with Crippen LogP contribution >= 0.6 is 0 Å². The van der Waals surface area contributed by atoms with E-state index in [2.05, 4.69) is 10.5 Å². The van der Waals surface area contributed by atoms with Gasteiger partial charge < -0.3 is 14.6 Å². The van der Waals surface area contributed by atoms with Gasteiger partial charge in [0.1, 0.15) is 17.2 Å². The fraction of sp³-hybridized carbons (Fsp3) is 0.176. The van der Waals surface area contributed by atoms with Crippen LogP contribution in [0.2, 0.25) is 0 Å². The van der Waals surface area contributed by atoms with Gasteiger partial charge in [0.15, 0.2) is 6.61 Å². The third kappa shape index (κ3) is 5.03. The number of nitrogens with zero attached hydrogens (tertiary/aromatic N) is 1. The number of carbonyl (C=O) groups is 1. The predicted molar refractivity (Wildman–Crippen MR) is 86.9 cm³/mol. The van der Waals surface area contributed by atoms with Crippen LogP contribution in [0.3, 0.4) is 0 Å². The maximum Gasteiger partial charge on any atom is 0.277 e. The molecule has 0 radical (unpaired) electrons. The zero-order valence-corrected chi connectivity index (χ0v) is 12.9. The highest BCUT2D eigenvalue weighted by atomic mass is 16.5. The van der Waals surface area contributed by atoms with E-state index >= 15 is 0 Å². The topological polar surface area (TPSA) is 80.2 Å². The molecule has 0 aromatic heterocycles. The van der Waals surface area contributed by atoms with Crippen molar-refractivity contribution in [1.29, 1.82) is 0 Å². The van der Waals surface area contributed by atoms with Crippen LogP contribution in [0.15, 0.2) is 53.6 Å². The standard InChI is InChI=1S/C17H18N2O4/c1-12(13-3-5-14(20)6-4-13)18-19-17(21)11-23-16-9-7-15(22-2)8-10-16/h3-10,20H,11H2,1-2H3,(H,19,21). The number of phenolic OH excluding ortho intramolecular Hbond substituents is 1. The molecule has 6 heteroatoms. The van der Waals surface area contributed by atoms with Crippen molar-refractivity contribution in [2.75, 3.05) is 13.7 Å². The summed E-state index contributed by atoms with van der Waals surface area (Å²) >= 11 is 0. The summed E-state index contributed by atoms with van der Waals surface area (Å²) in [6.45, 7) is 1.62. The normalized spacial score (nSPS) is 11.0. The van der Waals surface area contributed by atoms with E-state index in [4.69, 9.17) is 9.47 Å². The summed E-state index contributed by atoms with van der Waals surface area (Å²) in [5.41, 5.74) is 3.86. The van der Waals surface area contributed by atoms with E-state index in [0.717, 1.165) is 11.3 Å². The molecule has 23 heavy (non-hydrogen) atoms. The lowest BCUT2D eigenvalue weighted by molar-refractivity contribution is -0.123. The van der Waals surface area contributed by atoms with Crippen LogP contribution in [0.4, 0.5) is 0 Å². The zero-order chi connectivity index (χ0) is 16.7. The number of ether oxygens (including phenoxy) is 2. The molecule has 2 aromatic carbocycles. The van der Waals surface area contributed by atoms with Crippen molar-refractivity contribution in [2.45, 2.75) is 6.92 Å². The van der Waals surface area contributed by atoms with Crippen molar-refractivity contribution in [2.24, 2.45) is 5.10 Å². The molecule has 0 heterocycles. The van der Waals surface area contributed by atoms with Gasteiger partial charge in [0.2, 0.25) is 0 Å². The van der Waals surface area contributed by atoms with E-state index in [-0.39, 0.29) is 18.3 Å². The van der Waals surface area contributed by atoms with Crippen molar-refractivity contribution in [3.8, 4) is 17.2 Å². The Labute approximate surface area is 134 Å². The van der Waals surface area contributed by atoms with Gasteiger partial charge in [-0.2, -0.15) is 5.10 Å². The van der Waals surface area contributed by atoms with Gasteiger partial charge in [0.05, 0.1) is 12.8 Å². The molecule has 0 unspecified atom stereocenters. The number of aromatic hydroxyl groups is 1. The maximum atomic E-state index is 11.7. The lowest BCUT2D eigenvalue weighted by Gasteiger charge is -2.06. The van der Waals surface area contributed by atoms with Crippen LogP contribution in [0.25, 0.3) is 0 Å². The fourth-order valence-corrected chi connectivity index (χ4v) is 1.77. The number of benzene rings is 2. The van der Waals surface area contributed by atoms with E-state index in [9.17, 15) is 9.90 Å². The summed E-state index contributed by atoms with van der Waals surface area (Å²) in [6.07, 6.45) is 0. The third-order valence-corrected chi connectivity index (χ3v) is 3.06. The third-order valence-electron chi connectivity index (χ3n) is 3.06. The van der Waals surface area contributed by atoms with E-state index in [1.807, 2.05) is 0 Å². The van der Waals surface area contributed by atoms with E-state index in [1.54, 1.807) is 62.6 Å². The smallest absolute Gasteiger partial charge is 0.277 e. The Morgan fingerprint density at radius 1 is 1.09 bits per heavy atom. The van der Waals surface area contributed by atoms with Gasteiger partial charge in [0.25, 0.3) is 5.91 Å². The average molecular weight is 314 g/mol. The molecule has 0 saturated heterocycles. The molecule has 0 spiro atoms. The van der Waals surface area contributed by atoms with E-state index in [0.29, 0.717) is 11.5 Å². The van der Waals surface area contributed by atoms with Crippen LogP contribution < -0.4 is 14.9 Å². The quantitative estimate of drug-likeness (QED) is 0.633. The molecule has 0 aliphatic heterocycles. The van der Waals surface area contributed by atoms with E-state index < -0.39 is 0 Å². The number of hydrogen-bond donors (Lipinski definition) is 2. The molecule has 6 nitrogen and oxygen atoms in total. The van der Waals surface area contributed by atoms with Crippen LogP contribution in [-0.2, 0) is 4.79 Å². The van der Waals surface area contributed by atoms with E-state index in [1.165, 1.54) is 0 Å². The lowest BCUT2D eigenvalue weighted by atomic mass is 10.1. The molecular weight excluding hydrogens is 296 g/mol. The number of carbonyl (C=O) groups excluding carboxylic acids is 1. The Morgan fingerprint density at radius 3 is 2.30 bits per heavy atom. The zero-order valence-electron chi connectivity index (χ0n) is 12.9. The van der Waals surface area contributed by atoms with Crippen LogP contribution in [-0.4, -0.2) is 30.4 Å². The Hall–Kier alpha value is -3.02. The molecule has 0 saturated carbocycles. The van der Waals surface area contributed by atoms with Crippen molar-refractivity contribution in [1.82, 2.24) is 5.43 Å². The first-order valence-electron chi connectivity index (χ1n) is 6.98. The van der Waals surface area contributed by atoms with Crippen molar-refractivity contribution in [3.05, 3.63) is 54.1 Å². The molecule has 120 valence electrons. The minimum atomic E-state index is -0.362. The number of nitrogens with one attached hydrogen (secondary N) is 1. The molecule has 0 bridgehead atoms. The summed E-state index contributed by atoms with van der Waals surface area (Å²) < 4.78 is 10.4. The summed E-state index contributed by atoms with van der Waals surface area (Å²) in [5.74, 6) is 1.11. The molecule has 0 aliphatic rings. The Morgan fingerprint density at radius 2 is 1.70 bits per heavy atom. The number of phenols is 1. The second-order valence-electron chi connectivity index (χ2n) is 4.74. The second-order valence-corrected chi connectivity index (χ2v) is 4.74. The summed E-state index contributed by atoms with van der Waals surface area (Å²) in [4.78, 5) is 11.7. The number of rotatable bonds is 6. The fourth-order valence-electron chi connectivity index (χ4n) is 1.77. The predicted octanol–water partition coefficient (Wildman–Crippen LogP) is 2.32. The molecule has 0 fully saturated rings. The van der Waals surface area contributed by atoms with Crippen molar-refractivity contribution in [3.63, 3.8) is 0 Å². The van der Waals surface area contributed by atoms with Gasteiger partial charge in [0, 0.05) is 0 Å². The number of hydrazone groups is 1. The highest BCUT2D eigenvalue weighted by Crippen LogP contribution is 2.16. The first-order chi connectivity index (χ1) is 11.1. The first kappa shape index (κ1) is 16.4. The Bertz CT molecular complexity index is 679. The van der Waals surface area contributed by atoms with Gasteiger partial charge in [-0.05, 0) is 61.0 Å².